The molecule has 0 radical (unpaired) electrons. The summed E-state index contributed by atoms with van der Waals surface area (Å²) >= 11 is 0. The second kappa shape index (κ2) is 9.88. The SMILES string of the molecule is CCCNC(CO)(COCCOCC)c1ccccc1. The third kappa shape index (κ3) is 5.21. The van der Waals surface area contributed by atoms with Crippen LogP contribution in [0.25, 0.3) is 0 Å². The normalized spacial score (nSPS) is 14.2. The van der Waals surface area contributed by atoms with Gasteiger partial charge in [0, 0.05) is 6.61 Å². The maximum atomic E-state index is 9.89. The standard InChI is InChI=1S/C16H27NO3/c1-3-10-17-16(13-18,14-20-12-11-19-4-2)15-8-6-5-7-9-15/h5-9,17-18H,3-4,10-14H2,1-2H3. The van der Waals surface area contributed by atoms with E-state index in [9.17, 15) is 5.11 Å². The first kappa shape index (κ1) is 17.1. The number of rotatable bonds is 11. The first-order valence-electron chi connectivity index (χ1n) is 7.36. The predicted octanol–water partition coefficient (Wildman–Crippen LogP) is 1.93. The first-order chi connectivity index (χ1) is 9.79. The van der Waals surface area contributed by atoms with E-state index in [4.69, 9.17) is 9.47 Å². The van der Waals surface area contributed by atoms with Crippen LogP contribution in [0.1, 0.15) is 25.8 Å². The van der Waals surface area contributed by atoms with Crippen molar-refractivity contribution < 1.29 is 14.6 Å². The molecule has 1 unspecified atom stereocenters. The Balaban J connectivity index is 2.67. The second-order valence-electron chi connectivity index (χ2n) is 4.78. The Kier molecular flexibility index (Phi) is 8.46. The summed E-state index contributed by atoms with van der Waals surface area (Å²) in [4.78, 5) is 0. The van der Waals surface area contributed by atoms with Crippen LogP contribution in [-0.4, -0.2) is 44.7 Å². The average Bonchev–Trinajstić information content (AvgIpc) is 2.51. The van der Waals surface area contributed by atoms with Gasteiger partial charge in [0.15, 0.2) is 0 Å². The van der Waals surface area contributed by atoms with Crippen molar-refractivity contribution >= 4 is 0 Å². The lowest BCUT2D eigenvalue weighted by atomic mass is 9.91. The number of hydrogen-bond acceptors (Lipinski definition) is 4. The monoisotopic (exact) mass is 281 g/mol. The van der Waals surface area contributed by atoms with Crippen LogP contribution in [0, 0.1) is 0 Å². The van der Waals surface area contributed by atoms with Gasteiger partial charge in [-0.05, 0) is 25.5 Å². The molecule has 4 nitrogen and oxygen atoms in total. The molecule has 20 heavy (non-hydrogen) atoms. The van der Waals surface area contributed by atoms with Crippen molar-refractivity contribution in [2.75, 3.05) is 39.6 Å². The fourth-order valence-electron chi connectivity index (χ4n) is 2.06. The number of aliphatic hydroxyl groups is 1. The molecule has 0 saturated carbocycles. The molecule has 0 heterocycles. The van der Waals surface area contributed by atoms with E-state index in [2.05, 4.69) is 12.2 Å². The lowest BCUT2D eigenvalue weighted by Gasteiger charge is -2.33. The van der Waals surface area contributed by atoms with Crippen molar-refractivity contribution in [2.45, 2.75) is 25.8 Å². The lowest BCUT2D eigenvalue weighted by molar-refractivity contribution is 0.00359. The van der Waals surface area contributed by atoms with Gasteiger partial charge in [0.25, 0.3) is 0 Å². The molecule has 0 saturated heterocycles. The van der Waals surface area contributed by atoms with Gasteiger partial charge in [0.05, 0.1) is 32.0 Å². The van der Waals surface area contributed by atoms with E-state index in [1.54, 1.807) is 0 Å². The fourth-order valence-corrected chi connectivity index (χ4v) is 2.06. The van der Waals surface area contributed by atoms with Crippen LogP contribution in [0.3, 0.4) is 0 Å². The Labute approximate surface area is 122 Å². The van der Waals surface area contributed by atoms with Gasteiger partial charge < -0.3 is 19.9 Å². The highest BCUT2D eigenvalue weighted by atomic mass is 16.5. The van der Waals surface area contributed by atoms with Crippen LogP contribution >= 0.6 is 0 Å². The van der Waals surface area contributed by atoms with Gasteiger partial charge in [-0.15, -0.1) is 0 Å². The second-order valence-corrected chi connectivity index (χ2v) is 4.78. The summed E-state index contributed by atoms with van der Waals surface area (Å²) < 4.78 is 11.0. The fraction of sp³-hybridized carbons (Fsp3) is 0.625. The summed E-state index contributed by atoms with van der Waals surface area (Å²) in [6.45, 7) is 7.16. The minimum Gasteiger partial charge on any atom is -0.394 e. The third-order valence-corrected chi connectivity index (χ3v) is 3.23. The molecule has 114 valence electrons. The summed E-state index contributed by atoms with van der Waals surface area (Å²) in [6, 6.07) is 9.97. The van der Waals surface area contributed by atoms with Crippen LogP contribution in [0.4, 0.5) is 0 Å². The number of hydrogen-bond donors (Lipinski definition) is 2. The first-order valence-corrected chi connectivity index (χ1v) is 7.36. The zero-order chi connectivity index (χ0) is 14.7. The molecule has 1 aromatic carbocycles. The minimum absolute atomic E-state index is 0.00560. The lowest BCUT2D eigenvalue weighted by Crippen LogP contribution is -2.50. The third-order valence-electron chi connectivity index (χ3n) is 3.23. The number of ether oxygens (including phenoxy) is 2. The van der Waals surface area contributed by atoms with Crippen LogP contribution in [0.5, 0.6) is 0 Å². The average molecular weight is 281 g/mol. The topological polar surface area (TPSA) is 50.7 Å². The zero-order valence-corrected chi connectivity index (χ0v) is 12.6. The van der Waals surface area contributed by atoms with E-state index in [-0.39, 0.29) is 6.61 Å². The van der Waals surface area contributed by atoms with Crippen molar-refractivity contribution in [2.24, 2.45) is 0 Å². The molecule has 2 N–H and O–H groups in total. The van der Waals surface area contributed by atoms with E-state index in [1.165, 1.54) is 0 Å². The van der Waals surface area contributed by atoms with Gasteiger partial charge in [0.2, 0.25) is 0 Å². The number of nitrogens with one attached hydrogen (secondary N) is 1. The van der Waals surface area contributed by atoms with E-state index < -0.39 is 5.54 Å². The molecule has 0 amide bonds. The smallest absolute Gasteiger partial charge is 0.0905 e. The van der Waals surface area contributed by atoms with Crippen LogP contribution in [0.15, 0.2) is 30.3 Å². The van der Waals surface area contributed by atoms with Crippen molar-refractivity contribution in [1.29, 1.82) is 0 Å². The van der Waals surface area contributed by atoms with Crippen molar-refractivity contribution in [3.63, 3.8) is 0 Å². The Bertz CT molecular complexity index is 345. The van der Waals surface area contributed by atoms with E-state index in [0.717, 1.165) is 18.5 Å². The van der Waals surface area contributed by atoms with Gasteiger partial charge in [-0.1, -0.05) is 37.3 Å². The van der Waals surface area contributed by atoms with Gasteiger partial charge in [-0.3, -0.25) is 0 Å². The molecule has 0 bridgehead atoms. The zero-order valence-electron chi connectivity index (χ0n) is 12.6. The molecule has 0 aromatic heterocycles. The Morgan fingerprint density at radius 1 is 1.10 bits per heavy atom. The molecule has 0 aliphatic carbocycles. The Morgan fingerprint density at radius 3 is 2.40 bits per heavy atom. The molecule has 0 spiro atoms. The number of aliphatic hydroxyl groups excluding tert-OH is 1. The Morgan fingerprint density at radius 2 is 1.80 bits per heavy atom. The highest BCUT2D eigenvalue weighted by molar-refractivity contribution is 5.25. The largest absolute Gasteiger partial charge is 0.394 e. The highest BCUT2D eigenvalue weighted by Crippen LogP contribution is 2.21. The minimum atomic E-state index is -0.538. The molecule has 0 aliphatic heterocycles. The quantitative estimate of drug-likeness (QED) is 0.609. The van der Waals surface area contributed by atoms with Gasteiger partial charge in [-0.25, -0.2) is 0 Å². The predicted molar refractivity (Wildman–Crippen MR) is 80.8 cm³/mol. The number of benzene rings is 1. The summed E-state index contributed by atoms with van der Waals surface area (Å²) in [5.74, 6) is 0. The highest BCUT2D eigenvalue weighted by Gasteiger charge is 2.31. The van der Waals surface area contributed by atoms with Crippen molar-refractivity contribution in [3.8, 4) is 0 Å². The van der Waals surface area contributed by atoms with Crippen molar-refractivity contribution in [3.05, 3.63) is 35.9 Å². The maximum Gasteiger partial charge on any atom is 0.0905 e. The maximum absolute atomic E-state index is 9.89. The molecule has 0 fully saturated rings. The van der Waals surface area contributed by atoms with Gasteiger partial charge in [0.1, 0.15) is 0 Å². The molecular weight excluding hydrogens is 254 g/mol. The Hall–Kier alpha value is -0.940. The van der Waals surface area contributed by atoms with E-state index >= 15 is 0 Å². The van der Waals surface area contributed by atoms with E-state index in [0.29, 0.717) is 26.4 Å². The van der Waals surface area contributed by atoms with Crippen LogP contribution in [-0.2, 0) is 15.0 Å². The molecule has 1 atom stereocenters. The summed E-state index contributed by atoms with van der Waals surface area (Å²) in [5.41, 5.74) is 0.510. The van der Waals surface area contributed by atoms with Crippen LogP contribution < -0.4 is 5.32 Å². The summed E-state index contributed by atoms with van der Waals surface area (Å²) in [5, 5.41) is 13.3. The molecular formula is C16H27NO3. The van der Waals surface area contributed by atoms with Gasteiger partial charge in [-0.2, -0.15) is 0 Å². The molecule has 1 aromatic rings. The summed E-state index contributed by atoms with van der Waals surface area (Å²) in [6.07, 6.45) is 1.01. The van der Waals surface area contributed by atoms with Gasteiger partial charge >= 0.3 is 0 Å². The molecule has 0 aliphatic rings. The molecule has 1 rings (SSSR count). The van der Waals surface area contributed by atoms with Crippen molar-refractivity contribution in [1.82, 2.24) is 5.32 Å². The molecule has 4 heteroatoms. The summed E-state index contributed by atoms with van der Waals surface area (Å²) in [7, 11) is 0. The van der Waals surface area contributed by atoms with Crippen LogP contribution in [0.2, 0.25) is 0 Å². The van der Waals surface area contributed by atoms with E-state index in [1.807, 2.05) is 37.3 Å².